The van der Waals surface area contributed by atoms with Crippen LogP contribution in [0.3, 0.4) is 0 Å². The smallest absolute Gasteiger partial charge is 0.389 e. The summed E-state index contributed by atoms with van der Waals surface area (Å²) in [7, 11) is 0. The summed E-state index contributed by atoms with van der Waals surface area (Å²) >= 11 is 13.5. The predicted octanol–water partition coefficient (Wildman–Crippen LogP) is 4.41. The fourth-order valence-corrected chi connectivity index (χ4v) is 2.75. The third-order valence-corrected chi connectivity index (χ3v) is 3.99. The van der Waals surface area contributed by atoms with Gasteiger partial charge < -0.3 is 4.74 Å². The minimum absolute atomic E-state index is 0.00915. The summed E-state index contributed by atoms with van der Waals surface area (Å²) in [6.07, 6.45) is 3.87. The fraction of sp³-hybridized carbons (Fsp3) is 0.400. The Hall–Kier alpha value is -0.500. The number of nitrogens with zero attached hydrogens (tertiary/aromatic N) is 2. The van der Waals surface area contributed by atoms with Gasteiger partial charge in [-0.15, -0.1) is 34.5 Å². The molecule has 0 bridgehead atoms. The first kappa shape index (κ1) is 16.6. The molecule has 0 saturated carbocycles. The van der Waals surface area contributed by atoms with E-state index in [1.807, 2.05) is 5.38 Å². The van der Waals surface area contributed by atoms with Crippen LogP contribution in [0.15, 0.2) is 17.8 Å². The largest absolute Gasteiger partial charge is 0.408 e. The Labute approximate surface area is 127 Å². The number of aromatic nitrogens is 2. The fourth-order valence-electron chi connectivity index (χ4n) is 0.948. The summed E-state index contributed by atoms with van der Waals surface area (Å²) in [5.74, 6) is 0.994. The lowest BCUT2D eigenvalue weighted by Crippen LogP contribution is -2.00. The number of aryl methyl sites for hydroxylation is 1. The topological polar surface area (TPSA) is 35.0 Å². The van der Waals surface area contributed by atoms with Crippen molar-refractivity contribution < 1.29 is 13.5 Å². The second-order valence-electron chi connectivity index (χ2n) is 2.97. The lowest BCUT2D eigenvalue weighted by molar-refractivity contribution is -0.0499. The SMILES string of the molecule is ClCc1nccs1.FC(F)Oc1ncc(CCCl)s1. The van der Waals surface area contributed by atoms with E-state index in [9.17, 15) is 8.78 Å². The molecule has 0 aromatic carbocycles. The van der Waals surface area contributed by atoms with Crippen molar-refractivity contribution in [3.63, 3.8) is 0 Å². The molecule has 0 amide bonds. The van der Waals surface area contributed by atoms with Gasteiger partial charge in [0.15, 0.2) is 0 Å². The Morgan fingerprint density at radius 3 is 2.58 bits per heavy atom. The summed E-state index contributed by atoms with van der Waals surface area (Å²) in [4.78, 5) is 8.40. The molecule has 0 radical (unpaired) electrons. The first-order valence-corrected chi connectivity index (χ1v) is 7.82. The number of halogens is 4. The van der Waals surface area contributed by atoms with Gasteiger partial charge in [0.1, 0.15) is 5.01 Å². The van der Waals surface area contributed by atoms with Gasteiger partial charge in [0.05, 0.1) is 5.88 Å². The molecule has 0 N–H and O–H groups in total. The second kappa shape index (κ2) is 9.41. The van der Waals surface area contributed by atoms with Gasteiger partial charge in [-0.1, -0.05) is 11.3 Å². The maximum absolute atomic E-state index is 11.6. The van der Waals surface area contributed by atoms with Crippen molar-refractivity contribution in [3.8, 4) is 5.19 Å². The molecular formula is C10H10Cl2F2N2OS2. The van der Waals surface area contributed by atoms with Gasteiger partial charge in [-0.2, -0.15) is 8.78 Å². The first-order valence-electron chi connectivity index (χ1n) is 5.05. The van der Waals surface area contributed by atoms with Crippen LogP contribution >= 0.6 is 45.9 Å². The highest BCUT2D eigenvalue weighted by molar-refractivity contribution is 7.13. The Morgan fingerprint density at radius 1 is 1.32 bits per heavy atom. The van der Waals surface area contributed by atoms with Crippen LogP contribution in [0.25, 0.3) is 0 Å². The van der Waals surface area contributed by atoms with Crippen molar-refractivity contribution in [2.45, 2.75) is 18.9 Å². The monoisotopic (exact) mass is 346 g/mol. The quantitative estimate of drug-likeness (QED) is 0.752. The number of rotatable bonds is 5. The van der Waals surface area contributed by atoms with E-state index in [1.54, 1.807) is 17.5 Å². The van der Waals surface area contributed by atoms with E-state index < -0.39 is 6.61 Å². The zero-order valence-electron chi connectivity index (χ0n) is 9.56. The van der Waals surface area contributed by atoms with Gasteiger partial charge in [0.2, 0.25) is 0 Å². The standard InChI is InChI=1S/C6H6ClF2NOS.C4H4ClNS/c7-2-1-4-3-10-6(12-4)11-5(8)9;5-3-4-6-1-2-7-4/h3,5H,1-2H2;1-2H,3H2. The van der Waals surface area contributed by atoms with Crippen LogP contribution in [0.2, 0.25) is 0 Å². The van der Waals surface area contributed by atoms with E-state index in [0.29, 0.717) is 18.2 Å². The van der Waals surface area contributed by atoms with Crippen molar-refractivity contribution in [2.24, 2.45) is 0 Å². The van der Waals surface area contributed by atoms with Gasteiger partial charge in [0.25, 0.3) is 5.19 Å². The van der Waals surface area contributed by atoms with Crippen molar-refractivity contribution in [1.82, 2.24) is 9.97 Å². The zero-order valence-corrected chi connectivity index (χ0v) is 12.7. The van der Waals surface area contributed by atoms with Crippen molar-refractivity contribution >= 4 is 45.9 Å². The summed E-state index contributed by atoms with van der Waals surface area (Å²) in [6.45, 7) is -2.81. The third-order valence-electron chi connectivity index (χ3n) is 1.66. The summed E-state index contributed by atoms with van der Waals surface area (Å²) in [5.41, 5.74) is 0. The molecular weight excluding hydrogens is 337 g/mol. The van der Waals surface area contributed by atoms with E-state index >= 15 is 0 Å². The molecule has 3 nitrogen and oxygen atoms in total. The summed E-state index contributed by atoms with van der Waals surface area (Å²) < 4.78 is 27.3. The second-order valence-corrected chi connectivity index (χ2v) is 5.67. The van der Waals surface area contributed by atoms with E-state index in [0.717, 1.165) is 21.2 Å². The number of ether oxygens (including phenoxy) is 1. The van der Waals surface area contributed by atoms with E-state index in [2.05, 4.69) is 14.7 Å². The molecule has 0 unspecified atom stereocenters. The molecule has 0 aliphatic rings. The van der Waals surface area contributed by atoms with Crippen molar-refractivity contribution in [3.05, 3.63) is 27.7 Å². The number of hydrogen-bond donors (Lipinski definition) is 0. The summed E-state index contributed by atoms with van der Waals surface area (Å²) in [5, 5.41) is 2.89. The number of thiazole rings is 2. The molecule has 9 heteroatoms. The van der Waals surface area contributed by atoms with Gasteiger partial charge in [-0.05, 0) is 6.42 Å². The molecule has 2 aromatic rings. The molecule has 106 valence electrons. The van der Waals surface area contributed by atoms with E-state index in [-0.39, 0.29) is 5.19 Å². The van der Waals surface area contributed by atoms with Gasteiger partial charge in [0, 0.05) is 28.5 Å². The maximum Gasteiger partial charge on any atom is 0.389 e. The molecule has 2 heterocycles. The highest BCUT2D eigenvalue weighted by atomic mass is 35.5. The normalized spacial score (nSPS) is 10.2. The van der Waals surface area contributed by atoms with Gasteiger partial charge in [-0.25, -0.2) is 9.97 Å². The van der Waals surface area contributed by atoms with Crippen LogP contribution in [0.1, 0.15) is 9.88 Å². The number of alkyl halides is 4. The summed E-state index contributed by atoms with van der Waals surface area (Å²) in [6, 6.07) is 0. The first-order chi connectivity index (χ1) is 9.15. The zero-order chi connectivity index (χ0) is 14.1. The Kier molecular flexibility index (Phi) is 8.20. The van der Waals surface area contributed by atoms with Crippen LogP contribution in [0, 0.1) is 0 Å². The molecule has 19 heavy (non-hydrogen) atoms. The van der Waals surface area contributed by atoms with E-state index in [1.165, 1.54) is 6.20 Å². The van der Waals surface area contributed by atoms with Crippen LogP contribution in [0.4, 0.5) is 8.78 Å². The third kappa shape index (κ3) is 7.00. The average Bonchev–Trinajstić information content (AvgIpc) is 3.01. The highest BCUT2D eigenvalue weighted by Gasteiger charge is 2.08. The molecule has 2 rings (SSSR count). The molecule has 0 saturated heterocycles. The average molecular weight is 347 g/mol. The van der Waals surface area contributed by atoms with E-state index in [4.69, 9.17) is 23.2 Å². The molecule has 0 atom stereocenters. The molecule has 2 aromatic heterocycles. The Morgan fingerprint density at radius 2 is 2.11 bits per heavy atom. The van der Waals surface area contributed by atoms with Crippen LogP contribution in [-0.2, 0) is 12.3 Å². The Bertz CT molecular complexity index is 454. The lowest BCUT2D eigenvalue weighted by atomic mass is 10.4. The maximum atomic E-state index is 11.6. The molecule has 0 spiro atoms. The van der Waals surface area contributed by atoms with Crippen molar-refractivity contribution in [1.29, 1.82) is 0 Å². The highest BCUT2D eigenvalue weighted by Crippen LogP contribution is 2.22. The molecule has 0 aliphatic carbocycles. The van der Waals surface area contributed by atoms with Gasteiger partial charge >= 0.3 is 6.61 Å². The predicted molar refractivity (Wildman–Crippen MR) is 74.8 cm³/mol. The van der Waals surface area contributed by atoms with Gasteiger partial charge in [-0.3, -0.25) is 0 Å². The van der Waals surface area contributed by atoms with Crippen LogP contribution in [-0.4, -0.2) is 22.5 Å². The van der Waals surface area contributed by atoms with Crippen molar-refractivity contribution in [2.75, 3.05) is 5.88 Å². The molecule has 0 aliphatic heterocycles. The minimum Gasteiger partial charge on any atom is -0.408 e. The minimum atomic E-state index is -2.81. The molecule has 0 fully saturated rings. The van der Waals surface area contributed by atoms with Crippen LogP contribution < -0.4 is 4.74 Å². The lowest BCUT2D eigenvalue weighted by Gasteiger charge is -1.96. The van der Waals surface area contributed by atoms with Crippen LogP contribution in [0.5, 0.6) is 5.19 Å². The number of hydrogen-bond acceptors (Lipinski definition) is 5. The Balaban J connectivity index is 0.000000218.